The van der Waals surface area contributed by atoms with Crippen LogP contribution < -0.4 is 0 Å². The van der Waals surface area contributed by atoms with Crippen LogP contribution in [-0.4, -0.2) is 39.3 Å². The molecule has 0 bridgehead atoms. The molecule has 0 radical (unpaired) electrons. The summed E-state index contributed by atoms with van der Waals surface area (Å²) in [6, 6.07) is 20.7. The van der Waals surface area contributed by atoms with Gasteiger partial charge in [0.25, 0.3) is 5.91 Å². The van der Waals surface area contributed by atoms with Crippen LogP contribution in [0.1, 0.15) is 24.0 Å². The van der Waals surface area contributed by atoms with Crippen molar-refractivity contribution in [3.05, 3.63) is 82.9 Å². The molecule has 31 heavy (non-hydrogen) atoms. The molecule has 2 aliphatic rings. The van der Waals surface area contributed by atoms with Crippen LogP contribution in [0.5, 0.6) is 0 Å². The highest BCUT2D eigenvalue weighted by Crippen LogP contribution is 2.34. The molecule has 1 N–H and O–H groups in total. The predicted molar refractivity (Wildman–Crippen MR) is 126 cm³/mol. The fraction of sp³-hybridized carbons (Fsp3) is 0.240. The number of H-pyrrole nitrogens is 1. The summed E-state index contributed by atoms with van der Waals surface area (Å²) in [4.78, 5) is 19.8. The second-order valence-corrected chi connectivity index (χ2v) is 9.01. The van der Waals surface area contributed by atoms with Crippen LogP contribution in [0.2, 0.25) is 0 Å². The van der Waals surface area contributed by atoms with Crippen LogP contribution in [0.3, 0.4) is 0 Å². The zero-order valence-corrected chi connectivity index (χ0v) is 18.0. The first-order valence-corrected chi connectivity index (χ1v) is 11.5. The highest BCUT2D eigenvalue weighted by Gasteiger charge is 2.29. The highest BCUT2D eigenvalue weighted by atomic mass is 32.2. The summed E-state index contributed by atoms with van der Waals surface area (Å²) in [6.07, 6.45) is 7.04. The van der Waals surface area contributed by atoms with E-state index in [4.69, 9.17) is 0 Å². The summed E-state index contributed by atoms with van der Waals surface area (Å²) in [5.41, 5.74) is 4.27. The molecule has 3 heterocycles. The molecule has 156 valence electrons. The first kappa shape index (κ1) is 19.8. The average molecular weight is 429 g/mol. The van der Waals surface area contributed by atoms with E-state index in [9.17, 15) is 4.79 Å². The van der Waals surface area contributed by atoms with Crippen molar-refractivity contribution in [1.29, 1.82) is 0 Å². The number of thioether (sulfide) groups is 1. The predicted octanol–water partition coefficient (Wildman–Crippen LogP) is 5.00. The Hall–Kier alpha value is -3.12. The molecule has 5 rings (SSSR count). The first-order chi connectivity index (χ1) is 15.3. The summed E-state index contributed by atoms with van der Waals surface area (Å²) in [6.45, 7) is 1.90. The Morgan fingerprint density at radius 2 is 1.74 bits per heavy atom. The fourth-order valence-corrected chi connectivity index (χ4v) is 5.15. The van der Waals surface area contributed by atoms with Gasteiger partial charge in [0.2, 0.25) is 0 Å². The van der Waals surface area contributed by atoms with Gasteiger partial charge in [-0.25, -0.2) is 0 Å². The van der Waals surface area contributed by atoms with E-state index < -0.39 is 0 Å². The number of hydrogen-bond acceptors (Lipinski definition) is 4. The second kappa shape index (κ2) is 8.94. The SMILES string of the molecule is O=C1N=C(N2CCC(Cc3ccccc3)CC2)SC1=Cc1cn[nH]c1-c1ccccc1. The molecule has 6 heteroatoms. The average Bonchev–Trinajstić information content (AvgIpc) is 3.43. The van der Waals surface area contributed by atoms with E-state index in [1.165, 1.54) is 17.3 Å². The summed E-state index contributed by atoms with van der Waals surface area (Å²) < 4.78 is 0. The highest BCUT2D eigenvalue weighted by molar-refractivity contribution is 8.18. The number of rotatable bonds is 4. The van der Waals surface area contributed by atoms with Gasteiger partial charge >= 0.3 is 0 Å². The van der Waals surface area contributed by atoms with E-state index in [1.54, 1.807) is 6.20 Å². The van der Waals surface area contributed by atoms with Gasteiger partial charge in [0.1, 0.15) is 0 Å². The maximum Gasteiger partial charge on any atom is 0.286 e. The number of piperidine rings is 1. The summed E-state index contributed by atoms with van der Waals surface area (Å²) in [5.74, 6) is 0.530. The minimum absolute atomic E-state index is 0.161. The van der Waals surface area contributed by atoms with Crippen molar-refractivity contribution >= 4 is 28.9 Å². The number of carbonyl (C=O) groups is 1. The molecule has 5 nitrogen and oxygen atoms in total. The second-order valence-electron chi connectivity index (χ2n) is 8.00. The normalized spacial score (nSPS) is 18.6. The molecule has 1 saturated heterocycles. The standard InChI is InChI=1S/C25H24N4OS/c30-24-22(16-21-17-26-28-23(21)20-9-5-2-6-10-20)31-25(27-24)29-13-11-19(12-14-29)15-18-7-3-1-4-8-18/h1-10,16-17,19H,11-15H2,(H,26,28). The lowest BCUT2D eigenvalue weighted by atomic mass is 9.90. The van der Waals surface area contributed by atoms with E-state index >= 15 is 0 Å². The number of nitrogens with one attached hydrogen (secondary N) is 1. The lowest BCUT2D eigenvalue weighted by Gasteiger charge is -2.32. The van der Waals surface area contributed by atoms with Gasteiger partial charge in [-0.2, -0.15) is 10.1 Å². The number of nitrogens with zero attached hydrogens (tertiary/aromatic N) is 3. The van der Waals surface area contributed by atoms with Crippen LogP contribution in [0.4, 0.5) is 0 Å². The Bertz CT molecular complexity index is 1110. The lowest BCUT2D eigenvalue weighted by Crippen LogP contribution is -2.37. The van der Waals surface area contributed by atoms with Crippen molar-refractivity contribution in [2.45, 2.75) is 19.3 Å². The summed E-state index contributed by atoms with van der Waals surface area (Å²) in [5, 5.41) is 8.06. The maximum absolute atomic E-state index is 12.6. The van der Waals surface area contributed by atoms with Gasteiger partial charge in [-0.05, 0) is 48.6 Å². The molecule has 0 atom stereocenters. The van der Waals surface area contributed by atoms with E-state index in [2.05, 4.69) is 50.4 Å². The van der Waals surface area contributed by atoms with Crippen molar-refractivity contribution in [3.63, 3.8) is 0 Å². The Kier molecular flexibility index (Phi) is 5.71. The van der Waals surface area contributed by atoms with E-state index in [0.29, 0.717) is 10.8 Å². The molecule has 0 unspecified atom stereocenters. The van der Waals surface area contributed by atoms with Crippen molar-refractivity contribution in [3.8, 4) is 11.3 Å². The Labute approximate surface area is 186 Å². The molecular formula is C25H24N4OS. The number of aromatic nitrogens is 2. The number of amides is 1. The van der Waals surface area contributed by atoms with Crippen molar-refractivity contribution < 1.29 is 4.79 Å². The van der Waals surface area contributed by atoms with Crippen molar-refractivity contribution in [1.82, 2.24) is 15.1 Å². The van der Waals surface area contributed by atoms with Gasteiger partial charge in [-0.15, -0.1) is 0 Å². The van der Waals surface area contributed by atoms with Gasteiger partial charge in [-0.1, -0.05) is 60.7 Å². The molecule has 0 saturated carbocycles. The fourth-order valence-electron chi connectivity index (χ4n) is 4.19. The smallest absolute Gasteiger partial charge is 0.286 e. The number of hydrogen-bond donors (Lipinski definition) is 1. The zero-order chi connectivity index (χ0) is 21.0. The zero-order valence-electron chi connectivity index (χ0n) is 17.2. The third-order valence-corrected chi connectivity index (χ3v) is 6.92. The largest absolute Gasteiger partial charge is 0.351 e. The monoisotopic (exact) mass is 428 g/mol. The summed E-state index contributed by atoms with van der Waals surface area (Å²) >= 11 is 1.48. The number of carbonyl (C=O) groups excluding carboxylic acids is 1. The maximum atomic E-state index is 12.6. The molecule has 0 spiro atoms. The van der Waals surface area contributed by atoms with Crippen LogP contribution in [0.25, 0.3) is 17.3 Å². The van der Waals surface area contributed by atoms with Crippen LogP contribution in [0.15, 0.2) is 76.8 Å². The van der Waals surface area contributed by atoms with E-state index in [0.717, 1.165) is 54.3 Å². The molecule has 1 amide bonds. The molecule has 0 aliphatic carbocycles. The number of amidine groups is 1. The van der Waals surface area contributed by atoms with Gasteiger partial charge in [0, 0.05) is 24.2 Å². The minimum atomic E-state index is -0.161. The molecule has 2 aromatic carbocycles. The molecule has 3 aromatic rings. The van der Waals surface area contributed by atoms with Crippen LogP contribution >= 0.6 is 11.8 Å². The van der Waals surface area contributed by atoms with E-state index in [1.807, 2.05) is 36.4 Å². The van der Waals surface area contributed by atoms with E-state index in [-0.39, 0.29) is 5.91 Å². The van der Waals surface area contributed by atoms with Crippen molar-refractivity contribution in [2.75, 3.05) is 13.1 Å². The lowest BCUT2D eigenvalue weighted by molar-refractivity contribution is -0.113. The third kappa shape index (κ3) is 4.49. The van der Waals surface area contributed by atoms with Gasteiger partial charge in [0.05, 0.1) is 16.8 Å². The number of aromatic amines is 1. The van der Waals surface area contributed by atoms with Crippen LogP contribution in [0, 0.1) is 5.92 Å². The quantitative estimate of drug-likeness (QED) is 0.594. The van der Waals surface area contributed by atoms with Gasteiger partial charge in [0.15, 0.2) is 5.17 Å². The number of aliphatic imine (C=N–C) groups is 1. The Morgan fingerprint density at radius 1 is 1.03 bits per heavy atom. The molecule has 2 aliphatic heterocycles. The molecule has 1 fully saturated rings. The third-order valence-electron chi connectivity index (χ3n) is 5.88. The van der Waals surface area contributed by atoms with Gasteiger partial charge < -0.3 is 4.90 Å². The minimum Gasteiger partial charge on any atom is -0.351 e. The van der Waals surface area contributed by atoms with Gasteiger partial charge in [-0.3, -0.25) is 9.89 Å². The number of likely N-dealkylation sites (tertiary alicyclic amines) is 1. The van der Waals surface area contributed by atoms with Crippen LogP contribution in [-0.2, 0) is 11.2 Å². The summed E-state index contributed by atoms with van der Waals surface area (Å²) in [7, 11) is 0. The topological polar surface area (TPSA) is 61.4 Å². The number of benzene rings is 2. The Balaban J connectivity index is 1.23. The Morgan fingerprint density at radius 3 is 2.48 bits per heavy atom. The molecule has 1 aromatic heterocycles. The van der Waals surface area contributed by atoms with Crippen molar-refractivity contribution in [2.24, 2.45) is 10.9 Å². The first-order valence-electron chi connectivity index (χ1n) is 10.7. The molecular weight excluding hydrogens is 404 g/mol.